The second-order valence-electron chi connectivity index (χ2n) is 4.73. The van der Waals surface area contributed by atoms with Gasteiger partial charge < -0.3 is 19.9 Å². The van der Waals surface area contributed by atoms with Gasteiger partial charge in [0.2, 0.25) is 5.76 Å². The maximum atomic E-state index is 12.5. The molecule has 0 bridgehead atoms. The number of nitrogens with one attached hydrogen (secondary N) is 1. The lowest BCUT2D eigenvalue weighted by Crippen LogP contribution is -2.15. The number of carbonyl (C=O) groups excluding carboxylic acids is 1. The molecule has 8 heteroatoms. The molecule has 0 aromatic heterocycles. The van der Waals surface area contributed by atoms with Gasteiger partial charge in [-0.25, -0.2) is 4.79 Å². The third-order valence-corrected chi connectivity index (χ3v) is 3.39. The van der Waals surface area contributed by atoms with Crippen LogP contribution >= 0.6 is 23.2 Å². The number of aliphatic carboxylic acids is 1. The summed E-state index contributed by atoms with van der Waals surface area (Å²) in [6.07, 6.45) is 0.912. The van der Waals surface area contributed by atoms with E-state index in [2.05, 4.69) is 10.1 Å². The molecule has 0 saturated heterocycles. The Bertz CT molecular complexity index is 836. The summed E-state index contributed by atoms with van der Waals surface area (Å²) in [7, 11) is 1.28. The fourth-order valence-electron chi connectivity index (χ4n) is 1.88. The van der Waals surface area contributed by atoms with E-state index in [1.54, 1.807) is 24.3 Å². The standard InChI is InChI=1S/C17H13Cl2NO5/c1-24-9-15(17(22)23)25-14-6-5-11(19)8-13(14)16(21)20-12-4-2-3-10(18)7-12/h2-9H,1H3,(H,20,21)(H,22,23). The summed E-state index contributed by atoms with van der Waals surface area (Å²) in [6.45, 7) is 0. The molecule has 130 valence electrons. The fraction of sp³-hybridized carbons (Fsp3) is 0.0588. The average Bonchev–Trinajstić information content (AvgIpc) is 2.55. The van der Waals surface area contributed by atoms with Gasteiger partial charge in [0.15, 0.2) is 0 Å². The first-order chi connectivity index (χ1) is 11.9. The van der Waals surface area contributed by atoms with Crippen molar-refractivity contribution in [2.45, 2.75) is 0 Å². The lowest BCUT2D eigenvalue weighted by molar-refractivity contribution is -0.135. The number of anilines is 1. The predicted octanol–water partition coefficient (Wildman–Crippen LogP) is 4.20. The SMILES string of the molecule is COC=C(Oc1ccc(Cl)cc1C(=O)Nc1cccc(Cl)c1)C(=O)O. The van der Waals surface area contributed by atoms with E-state index in [0.717, 1.165) is 6.26 Å². The molecule has 25 heavy (non-hydrogen) atoms. The van der Waals surface area contributed by atoms with Gasteiger partial charge in [-0.1, -0.05) is 29.3 Å². The number of halogens is 2. The molecule has 2 aromatic carbocycles. The second kappa shape index (κ2) is 8.41. The molecule has 0 unspecified atom stereocenters. The van der Waals surface area contributed by atoms with Gasteiger partial charge in [-0.05, 0) is 36.4 Å². The summed E-state index contributed by atoms with van der Waals surface area (Å²) in [6, 6.07) is 10.8. The Morgan fingerprint density at radius 2 is 1.84 bits per heavy atom. The van der Waals surface area contributed by atoms with Crippen molar-refractivity contribution < 1.29 is 24.2 Å². The number of hydrogen-bond donors (Lipinski definition) is 2. The Hall–Kier alpha value is -2.70. The van der Waals surface area contributed by atoms with E-state index in [1.807, 2.05) is 0 Å². The van der Waals surface area contributed by atoms with Crippen LogP contribution in [0, 0.1) is 0 Å². The molecule has 2 rings (SSSR count). The maximum Gasteiger partial charge on any atom is 0.375 e. The third kappa shape index (κ3) is 5.14. The van der Waals surface area contributed by atoms with E-state index in [0.29, 0.717) is 10.7 Å². The van der Waals surface area contributed by atoms with Crippen molar-refractivity contribution in [3.8, 4) is 5.75 Å². The highest BCUT2D eigenvalue weighted by atomic mass is 35.5. The molecule has 0 aliphatic carbocycles. The normalized spacial score (nSPS) is 10.9. The Kier molecular flexibility index (Phi) is 6.27. The van der Waals surface area contributed by atoms with Crippen LogP contribution in [0.5, 0.6) is 5.75 Å². The van der Waals surface area contributed by atoms with Gasteiger partial charge in [-0.15, -0.1) is 0 Å². The number of methoxy groups -OCH3 is 1. The minimum Gasteiger partial charge on any atom is -0.500 e. The number of benzene rings is 2. The highest BCUT2D eigenvalue weighted by Crippen LogP contribution is 2.26. The Labute approximate surface area is 153 Å². The summed E-state index contributed by atoms with van der Waals surface area (Å²) in [5.41, 5.74) is 0.519. The Balaban J connectivity index is 2.33. The first-order valence-corrected chi connectivity index (χ1v) is 7.67. The fourth-order valence-corrected chi connectivity index (χ4v) is 2.24. The molecular formula is C17H13Cl2NO5. The van der Waals surface area contributed by atoms with E-state index in [4.69, 9.17) is 33.0 Å². The van der Waals surface area contributed by atoms with E-state index < -0.39 is 17.6 Å². The molecule has 0 aliphatic rings. The Morgan fingerprint density at radius 3 is 2.48 bits per heavy atom. The van der Waals surface area contributed by atoms with Crippen LogP contribution in [0.2, 0.25) is 10.0 Å². The monoisotopic (exact) mass is 381 g/mol. The van der Waals surface area contributed by atoms with Crippen molar-refractivity contribution >= 4 is 40.8 Å². The van der Waals surface area contributed by atoms with Crippen molar-refractivity contribution in [2.75, 3.05) is 12.4 Å². The van der Waals surface area contributed by atoms with Gasteiger partial charge in [0, 0.05) is 15.7 Å². The lowest BCUT2D eigenvalue weighted by Gasteiger charge is -2.12. The lowest BCUT2D eigenvalue weighted by atomic mass is 10.1. The number of rotatable bonds is 6. The Morgan fingerprint density at radius 1 is 1.12 bits per heavy atom. The van der Waals surface area contributed by atoms with Gasteiger partial charge in [0.05, 0.1) is 12.7 Å². The first-order valence-electron chi connectivity index (χ1n) is 6.91. The molecule has 6 nitrogen and oxygen atoms in total. The quantitative estimate of drug-likeness (QED) is 0.578. The van der Waals surface area contributed by atoms with E-state index >= 15 is 0 Å². The van der Waals surface area contributed by atoms with Crippen molar-refractivity contribution in [1.82, 2.24) is 0 Å². The molecule has 0 heterocycles. The molecule has 0 spiro atoms. The number of carboxylic acids is 1. The summed E-state index contributed by atoms with van der Waals surface area (Å²) >= 11 is 11.8. The van der Waals surface area contributed by atoms with Crippen LogP contribution in [-0.2, 0) is 9.53 Å². The molecule has 2 N–H and O–H groups in total. The number of hydrogen-bond acceptors (Lipinski definition) is 4. The van der Waals surface area contributed by atoms with Gasteiger partial charge in [0.25, 0.3) is 5.91 Å². The van der Waals surface area contributed by atoms with Crippen LogP contribution < -0.4 is 10.1 Å². The van der Waals surface area contributed by atoms with Crippen LogP contribution in [0.1, 0.15) is 10.4 Å². The van der Waals surface area contributed by atoms with E-state index in [-0.39, 0.29) is 16.3 Å². The highest BCUT2D eigenvalue weighted by molar-refractivity contribution is 6.31. The van der Waals surface area contributed by atoms with Crippen LogP contribution in [0.25, 0.3) is 0 Å². The molecule has 1 amide bonds. The summed E-state index contributed by atoms with van der Waals surface area (Å²) in [5, 5.41) is 12.5. The van der Waals surface area contributed by atoms with Gasteiger partial charge in [-0.3, -0.25) is 4.79 Å². The maximum absolute atomic E-state index is 12.5. The zero-order valence-electron chi connectivity index (χ0n) is 13.0. The van der Waals surface area contributed by atoms with Gasteiger partial charge in [0.1, 0.15) is 12.0 Å². The number of carbonyl (C=O) groups is 2. The van der Waals surface area contributed by atoms with Crippen LogP contribution in [0.15, 0.2) is 54.5 Å². The van der Waals surface area contributed by atoms with Crippen molar-refractivity contribution in [2.24, 2.45) is 0 Å². The first kappa shape index (κ1) is 18.6. The van der Waals surface area contributed by atoms with Crippen LogP contribution in [-0.4, -0.2) is 24.1 Å². The molecule has 2 aromatic rings. The number of carboxylic acid groups (broad SMARTS) is 1. The molecule has 0 saturated carbocycles. The van der Waals surface area contributed by atoms with E-state index in [1.165, 1.54) is 25.3 Å². The van der Waals surface area contributed by atoms with Crippen LogP contribution in [0.3, 0.4) is 0 Å². The number of amides is 1. The second-order valence-corrected chi connectivity index (χ2v) is 5.60. The van der Waals surface area contributed by atoms with E-state index in [9.17, 15) is 9.59 Å². The molecule has 0 aliphatic heterocycles. The smallest absolute Gasteiger partial charge is 0.375 e. The molecular weight excluding hydrogens is 369 g/mol. The largest absolute Gasteiger partial charge is 0.500 e. The zero-order chi connectivity index (χ0) is 18.4. The minimum atomic E-state index is -1.35. The van der Waals surface area contributed by atoms with Gasteiger partial charge >= 0.3 is 5.97 Å². The number of ether oxygens (including phenoxy) is 2. The highest BCUT2D eigenvalue weighted by Gasteiger charge is 2.18. The summed E-state index contributed by atoms with van der Waals surface area (Å²) in [5.74, 6) is -2.36. The topological polar surface area (TPSA) is 84.9 Å². The van der Waals surface area contributed by atoms with Crippen molar-refractivity contribution in [3.05, 3.63) is 70.1 Å². The zero-order valence-corrected chi connectivity index (χ0v) is 14.5. The summed E-state index contributed by atoms with van der Waals surface area (Å²) < 4.78 is 9.94. The molecule has 0 radical (unpaired) electrons. The van der Waals surface area contributed by atoms with Gasteiger partial charge in [-0.2, -0.15) is 0 Å². The minimum absolute atomic E-state index is 0.00891. The molecule has 0 fully saturated rings. The predicted molar refractivity (Wildman–Crippen MR) is 94.2 cm³/mol. The van der Waals surface area contributed by atoms with Crippen LogP contribution in [0.4, 0.5) is 5.69 Å². The molecule has 0 atom stereocenters. The average molecular weight is 382 g/mol. The van der Waals surface area contributed by atoms with Crippen molar-refractivity contribution in [1.29, 1.82) is 0 Å². The summed E-state index contributed by atoms with van der Waals surface area (Å²) in [4.78, 5) is 23.7. The third-order valence-electron chi connectivity index (χ3n) is 2.92. The van der Waals surface area contributed by atoms with Crippen molar-refractivity contribution in [3.63, 3.8) is 0 Å².